The predicted molar refractivity (Wildman–Crippen MR) is 61.4 cm³/mol. The molecule has 7 heteroatoms. The molecule has 0 aliphatic heterocycles. The van der Waals surface area contributed by atoms with Crippen LogP contribution < -0.4 is 5.32 Å². The molecule has 0 amide bonds. The molecule has 0 aliphatic carbocycles. The second-order valence-electron chi connectivity index (χ2n) is 3.39. The van der Waals surface area contributed by atoms with Gasteiger partial charge in [-0.25, -0.2) is 9.97 Å². The Balaban J connectivity index is 2.16. The topological polar surface area (TPSA) is 81.9 Å². The van der Waals surface area contributed by atoms with Crippen LogP contribution in [0.2, 0.25) is 0 Å². The van der Waals surface area contributed by atoms with Crippen LogP contribution >= 0.6 is 0 Å². The maximum Gasteiger partial charge on any atom is 0.325 e. The summed E-state index contributed by atoms with van der Waals surface area (Å²) in [5.74, 6) is 0.263. The smallest absolute Gasteiger partial charge is 0.325 e. The third-order valence-electron chi connectivity index (χ3n) is 2.23. The zero-order chi connectivity index (χ0) is 12.3. The van der Waals surface area contributed by atoms with Gasteiger partial charge in [-0.3, -0.25) is 9.48 Å². The summed E-state index contributed by atoms with van der Waals surface area (Å²) in [7, 11) is 1.80. The van der Waals surface area contributed by atoms with Gasteiger partial charge >= 0.3 is 5.97 Å². The highest BCUT2D eigenvalue weighted by Gasteiger charge is 2.08. The fourth-order valence-electron chi connectivity index (χ4n) is 1.47. The molecule has 17 heavy (non-hydrogen) atoms. The first-order chi connectivity index (χ1) is 8.22. The number of aryl methyl sites for hydroxylation is 1. The van der Waals surface area contributed by atoms with Gasteiger partial charge < -0.3 is 10.1 Å². The van der Waals surface area contributed by atoms with E-state index in [2.05, 4.69) is 20.4 Å². The maximum atomic E-state index is 11.2. The number of carbonyl (C=O) groups excluding carboxylic acids is 1. The zero-order valence-corrected chi connectivity index (χ0v) is 9.67. The van der Waals surface area contributed by atoms with Gasteiger partial charge in [0.05, 0.1) is 18.2 Å². The van der Waals surface area contributed by atoms with Crippen LogP contribution in [0.5, 0.6) is 0 Å². The van der Waals surface area contributed by atoms with Crippen LogP contribution in [0.15, 0.2) is 12.5 Å². The lowest BCUT2D eigenvalue weighted by Gasteiger charge is -2.05. The van der Waals surface area contributed by atoms with Gasteiger partial charge in [0.25, 0.3) is 0 Å². The summed E-state index contributed by atoms with van der Waals surface area (Å²) in [5, 5.41) is 7.76. The number of aromatic nitrogens is 4. The van der Waals surface area contributed by atoms with E-state index in [9.17, 15) is 4.79 Å². The van der Waals surface area contributed by atoms with Crippen LogP contribution in [0.4, 0.5) is 5.82 Å². The fraction of sp³-hybridized carbons (Fsp3) is 0.400. The quantitative estimate of drug-likeness (QED) is 0.769. The molecule has 90 valence electrons. The van der Waals surface area contributed by atoms with Gasteiger partial charge in [0.1, 0.15) is 18.7 Å². The van der Waals surface area contributed by atoms with Crippen LogP contribution in [0, 0.1) is 0 Å². The average Bonchev–Trinajstić information content (AvgIpc) is 2.70. The van der Waals surface area contributed by atoms with Crippen molar-refractivity contribution >= 4 is 22.8 Å². The van der Waals surface area contributed by atoms with Crippen LogP contribution in [0.3, 0.4) is 0 Å². The molecule has 2 aromatic heterocycles. The highest BCUT2D eigenvalue weighted by molar-refractivity contribution is 5.87. The first kappa shape index (κ1) is 11.3. The number of rotatable bonds is 4. The normalized spacial score (nSPS) is 10.5. The molecule has 2 heterocycles. The molecular weight excluding hydrogens is 222 g/mol. The number of carbonyl (C=O) groups is 1. The minimum absolute atomic E-state index is 0.0782. The van der Waals surface area contributed by atoms with Gasteiger partial charge in [0, 0.05) is 7.05 Å². The largest absolute Gasteiger partial charge is 0.465 e. The van der Waals surface area contributed by atoms with Crippen LogP contribution in [-0.4, -0.2) is 38.9 Å². The Bertz CT molecular complexity index is 536. The standard InChI is InChI=1S/C10H13N5O2/c1-3-17-8(16)5-11-9-7-4-14-15(2)10(7)13-6-12-9/h4,6H,3,5H2,1-2H3,(H,11,12,13). The summed E-state index contributed by atoms with van der Waals surface area (Å²) in [6.45, 7) is 2.21. The van der Waals surface area contributed by atoms with Crippen molar-refractivity contribution in [1.29, 1.82) is 0 Å². The van der Waals surface area contributed by atoms with E-state index in [1.54, 1.807) is 24.9 Å². The molecule has 0 saturated heterocycles. The average molecular weight is 235 g/mol. The Kier molecular flexibility index (Phi) is 3.17. The highest BCUT2D eigenvalue weighted by Crippen LogP contribution is 2.17. The van der Waals surface area contributed by atoms with Crippen molar-refractivity contribution in [2.45, 2.75) is 6.92 Å². The highest BCUT2D eigenvalue weighted by atomic mass is 16.5. The van der Waals surface area contributed by atoms with Crippen LogP contribution in [0.25, 0.3) is 11.0 Å². The molecule has 0 spiro atoms. The lowest BCUT2D eigenvalue weighted by molar-refractivity contribution is -0.140. The van der Waals surface area contributed by atoms with E-state index in [4.69, 9.17) is 4.74 Å². The van der Waals surface area contributed by atoms with Crippen molar-refractivity contribution < 1.29 is 9.53 Å². The van der Waals surface area contributed by atoms with Crippen molar-refractivity contribution in [3.05, 3.63) is 12.5 Å². The molecule has 7 nitrogen and oxygen atoms in total. The Morgan fingerprint density at radius 1 is 1.53 bits per heavy atom. The van der Waals surface area contributed by atoms with Gasteiger partial charge in [0.15, 0.2) is 5.65 Å². The Morgan fingerprint density at radius 3 is 3.12 bits per heavy atom. The van der Waals surface area contributed by atoms with Crippen molar-refractivity contribution in [1.82, 2.24) is 19.7 Å². The van der Waals surface area contributed by atoms with Gasteiger partial charge in [-0.2, -0.15) is 5.10 Å². The molecule has 2 rings (SSSR count). The van der Waals surface area contributed by atoms with Gasteiger partial charge in [-0.05, 0) is 6.92 Å². The SMILES string of the molecule is CCOC(=O)CNc1ncnc2c1cnn2C. The van der Waals surface area contributed by atoms with Crippen molar-refractivity contribution in [3.63, 3.8) is 0 Å². The first-order valence-corrected chi connectivity index (χ1v) is 5.24. The fourth-order valence-corrected chi connectivity index (χ4v) is 1.47. The lowest BCUT2D eigenvalue weighted by Crippen LogP contribution is -2.17. The van der Waals surface area contributed by atoms with Crippen LogP contribution in [0.1, 0.15) is 6.92 Å². The number of anilines is 1. The summed E-state index contributed by atoms with van der Waals surface area (Å²) < 4.78 is 6.46. The summed E-state index contributed by atoms with van der Waals surface area (Å²) in [6, 6.07) is 0. The monoisotopic (exact) mass is 235 g/mol. The number of nitrogens with one attached hydrogen (secondary N) is 1. The van der Waals surface area contributed by atoms with Gasteiger partial charge in [0.2, 0.25) is 0 Å². The number of ether oxygens (including phenoxy) is 1. The Hall–Kier alpha value is -2.18. The zero-order valence-electron chi connectivity index (χ0n) is 9.67. The first-order valence-electron chi connectivity index (χ1n) is 5.24. The van der Waals surface area contributed by atoms with Crippen LogP contribution in [-0.2, 0) is 16.6 Å². The minimum atomic E-state index is -0.317. The van der Waals surface area contributed by atoms with Crippen molar-refractivity contribution in [2.24, 2.45) is 7.05 Å². The lowest BCUT2D eigenvalue weighted by atomic mass is 10.4. The molecular formula is C10H13N5O2. The third-order valence-corrected chi connectivity index (χ3v) is 2.23. The molecule has 0 radical (unpaired) electrons. The third kappa shape index (κ3) is 2.32. The summed E-state index contributed by atoms with van der Waals surface area (Å²) in [5.41, 5.74) is 0.714. The number of hydrogen-bond donors (Lipinski definition) is 1. The summed E-state index contributed by atoms with van der Waals surface area (Å²) in [4.78, 5) is 19.4. The van der Waals surface area contributed by atoms with E-state index in [-0.39, 0.29) is 12.5 Å². The number of esters is 1. The molecule has 0 atom stereocenters. The van der Waals surface area contributed by atoms with E-state index in [0.29, 0.717) is 18.1 Å². The van der Waals surface area contributed by atoms with E-state index in [0.717, 1.165) is 5.39 Å². The molecule has 0 aromatic carbocycles. The molecule has 0 fully saturated rings. The number of nitrogens with zero attached hydrogens (tertiary/aromatic N) is 4. The molecule has 0 unspecified atom stereocenters. The van der Waals surface area contributed by atoms with E-state index in [1.165, 1.54) is 6.33 Å². The summed E-state index contributed by atoms with van der Waals surface area (Å²) in [6.07, 6.45) is 3.08. The van der Waals surface area contributed by atoms with E-state index in [1.807, 2.05) is 0 Å². The van der Waals surface area contributed by atoms with Crippen molar-refractivity contribution in [2.75, 3.05) is 18.5 Å². The second-order valence-corrected chi connectivity index (χ2v) is 3.39. The Labute approximate surface area is 97.8 Å². The Morgan fingerprint density at radius 2 is 2.35 bits per heavy atom. The maximum absolute atomic E-state index is 11.2. The summed E-state index contributed by atoms with van der Waals surface area (Å²) >= 11 is 0. The van der Waals surface area contributed by atoms with E-state index < -0.39 is 0 Å². The molecule has 0 bridgehead atoms. The molecule has 0 aliphatic rings. The molecule has 1 N–H and O–H groups in total. The molecule has 0 saturated carbocycles. The predicted octanol–water partition coefficient (Wildman–Crippen LogP) is 0.338. The number of hydrogen-bond acceptors (Lipinski definition) is 6. The van der Waals surface area contributed by atoms with Crippen molar-refractivity contribution in [3.8, 4) is 0 Å². The minimum Gasteiger partial charge on any atom is -0.465 e. The molecule has 2 aromatic rings. The van der Waals surface area contributed by atoms with Gasteiger partial charge in [-0.15, -0.1) is 0 Å². The van der Waals surface area contributed by atoms with E-state index >= 15 is 0 Å². The van der Waals surface area contributed by atoms with Gasteiger partial charge in [-0.1, -0.05) is 0 Å². The number of fused-ring (bicyclic) bond motifs is 1. The second kappa shape index (κ2) is 4.77.